The molecule has 0 spiro atoms. The number of alkyl halides is 3. The Morgan fingerprint density at radius 3 is 2.29 bits per heavy atom. The normalized spacial score (nSPS) is 13.8. The number of ether oxygens (including phenoxy) is 1. The van der Waals surface area contributed by atoms with E-state index >= 15 is 0 Å². The molecule has 0 saturated carbocycles. The van der Waals surface area contributed by atoms with E-state index in [2.05, 4.69) is 0 Å². The maximum absolute atomic E-state index is 12.8. The predicted octanol–water partition coefficient (Wildman–Crippen LogP) is 3.08. The molecule has 0 aliphatic heterocycles. The van der Waals surface area contributed by atoms with Gasteiger partial charge in [0.2, 0.25) is 0 Å². The van der Waals surface area contributed by atoms with Crippen LogP contribution in [0.2, 0.25) is 0 Å². The van der Waals surface area contributed by atoms with Gasteiger partial charge in [-0.15, -0.1) is 0 Å². The lowest BCUT2D eigenvalue weighted by molar-refractivity contribution is -0.148. The van der Waals surface area contributed by atoms with E-state index in [1.54, 1.807) is 26.0 Å². The molecule has 1 aromatic carbocycles. The van der Waals surface area contributed by atoms with Gasteiger partial charge in [-0.25, -0.2) is 0 Å². The first kappa shape index (κ1) is 13.8. The van der Waals surface area contributed by atoms with Gasteiger partial charge < -0.3 is 10.5 Å². The van der Waals surface area contributed by atoms with Crippen LogP contribution >= 0.6 is 0 Å². The number of rotatable bonds is 4. The Bertz CT molecular complexity index is 363. The Morgan fingerprint density at radius 1 is 1.24 bits per heavy atom. The molecule has 17 heavy (non-hydrogen) atoms. The summed E-state index contributed by atoms with van der Waals surface area (Å²) in [6.07, 6.45) is -4.53. The Labute approximate surface area is 98.6 Å². The first-order valence-electron chi connectivity index (χ1n) is 5.38. The molecule has 0 fully saturated rings. The molecule has 1 unspecified atom stereocenters. The summed E-state index contributed by atoms with van der Waals surface area (Å²) in [5.74, 6) is -1.44. The molecule has 1 rings (SSSR count). The Kier molecular flexibility index (Phi) is 4.40. The zero-order chi connectivity index (χ0) is 13.1. The lowest BCUT2D eigenvalue weighted by Gasteiger charge is -2.22. The van der Waals surface area contributed by atoms with Gasteiger partial charge in [-0.3, -0.25) is 0 Å². The van der Waals surface area contributed by atoms with E-state index in [1.165, 1.54) is 12.1 Å². The molecule has 1 aromatic rings. The highest BCUT2D eigenvalue weighted by atomic mass is 19.4. The van der Waals surface area contributed by atoms with E-state index in [4.69, 9.17) is 10.5 Å². The smallest absolute Gasteiger partial charge is 0.397 e. The molecule has 0 aromatic heterocycles. The summed E-state index contributed by atoms with van der Waals surface area (Å²) in [6.45, 7) is 3.05. The van der Waals surface area contributed by atoms with Gasteiger partial charge in [0.15, 0.2) is 0 Å². The average Bonchev–Trinajstić information content (AvgIpc) is 2.18. The van der Waals surface area contributed by atoms with Gasteiger partial charge in [-0.1, -0.05) is 18.2 Å². The van der Waals surface area contributed by atoms with E-state index in [-0.39, 0.29) is 17.4 Å². The summed E-state index contributed by atoms with van der Waals surface area (Å²) < 4.78 is 43.7. The number of benzene rings is 1. The van der Waals surface area contributed by atoms with Crippen LogP contribution in [0, 0.1) is 0 Å². The van der Waals surface area contributed by atoms with E-state index in [1.807, 2.05) is 0 Å². The predicted molar refractivity (Wildman–Crippen MR) is 60.1 cm³/mol. The van der Waals surface area contributed by atoms with Crippen molar-refractivity contribution in [1.29, 1.82) is 0 Å². The molecular formula is C12H16F3NO. The summed E-state index contributed by atoms with van der Waals surface area (Å²) in [7, 11) is 0. The topological polar surface area (TPSA) is 35.2 Å². The molecule has 96 valence electrons. The third-order valence-corrected chi connectivity index (χ3v) is 2.29. The Hall–Kier alpha value is -1.23. The summed E-state index contributed by atoms with van der Waals surface area (Å²) in [4.78, 5) is 0. The molecule has 1 atom stereocenters. The van der Waals surface area contributed by atoms with Crippen LogP contribution in [0.5, 0.6) is 5.75 Å². The van der Waals surface area contributed by atoms with Gasteiger partial charge in [0.05, 0.1) is 12.0 Å². The number of nitrogens with two attached hydrogens (primary N) is 1. The van der Waals surface area contributed by atoms with E-state index < -0.39 is 18.6 Å². The molecule has 0 saturated heterocycles. The summed E-state index contributed by atoms with van der Waals surface area (Å²) in [5.41, 5.74) is 5.31. The quantitative estimate of drug-likeness (QED) is 0.887. The Morgan fingerprint density at radius 2 is 1.82 bits per heavy atom. The highest BCUT2D eigenvalue weighted by molar-refractivity contribution is 5.37. The van der Waals surface area contributed by atoms with Crippen LogP contribution < -0.4 is 10.5 Å². The first-order valence-corrected chi connectivity index (χ1v) is 5.38. The second-order valence-electron chi connectivity index (χ2n) is 4.03. The first-order chi connectivity index (χ1) is 7.86. The third-order valence-electron chi connectivity index (χ3n) is 2.29. The minimum atomic E-state index is -4.36. The van der Waals surface area contributed by atoms with Crippen LogP contribution in [0.15, 0.2) is 24.3 Å². The lowest BCUT2D eigenvalue weighted by atomic mass is 9.97. The van der Waals surface area contributed by atoms with Crippen LogP contribution in [-0.2, 0) is 0 Å². The SMILES string of the molecule is CC(C)Oc1ccccc1C(CN)C(F)(F)F. The monoisotopic (exact) mass is 247 g/mol. The van der Waals surface area contributed by atoms with E-state index in [0.29, 0.717) is 0 Å². The molecule has 0 bridgehead atoms. The molecule has 0 amide bonds. The molecule has 0 radical (unpaired) electrons. The van der Waals surface area contributed by atoms with Gasteiger partial charge in [-0.05, 0) is 19.9 Å². The molecule has 2 N–H and O–H groups in total. The highest BCUT2D eigenvalue weighted by Gasteiger charge is 2.41. The van der Waals surface area contributed by atoms with Gasteiger partial charge in [0, 0.05) is 12.1 Å². The summed E-state index contributed by atoms with van der Waals surface area (Å²) in [5, 5.41) is 0. The van der Waals surface area contributed by atoms with Gasteiger partial charge >= 0.3 is 6.18 Å². The lowest BCUT2D eigenvalue weighted by Crippen LogP contribution is -2.28. The standard InChI is InChI=1S/C12H16F3NO/c1-8(2)17-11-6-4-3-5-9(11)10(7-16)12(13,14)15/h3-6,8,10H,7,16H2,1-2H3. The summed E-state index contributed by atoms with van der Waals surface area (Å²) >= 11 is 0. The molecule has 2 nitrogen and oxygen atoms in total. The number of para-hydroxylation sites is 1. The van der Waals surface area contributed by atoms with Crippen LogP contribution in [-0.4, -0.2) is 18.8 Å². The van der Waals surface area contributed by atoms with Crippen molar-refractivity contribution in [3.8, 4) is 5.75 Å². The maximum Gasteiger partial charge on any atom is 0.397 e. The van der Waals surface area contributed by atoms with Crippen molar-refractivity contribution in [2.75, 3.05) is 6.54 Å². The molecule has 0 aliphatic rings. The second kappa shape index (κ2) is 5.40. The van der Waals surface area contributed by atoms with Crippen LogP contribution in [0.1, 0.15) is 25.3 Å². The van der Waals surface area contributed by atoms with E-state index in [9.17, 15) is 13.2 Å². The van der Waals surface area contributed by atoms with Crippen molar-refractivity contribution in [3.05, 3.63) is 29.8 Å². The van der Waals surface area contributed by atoms with Crippen LogP contribution in [0.3, 0.4) is 0 Å². The van der Waals surface area contributed by atoms with Crippen LogP contribution in [0.25, 0.3) is 0 Å². The fraction of sp³-hybridized carbons (Fsp3) is 0.500. The van der Waals surface area contributed by atoms with Gasteiger partial charge in [0.25, 0.3) is 0 Å². The second-order valence-corrected chi connectivity index (χ2v) is 4.03. The van der Waals surface area contributed by atoms with Gasteiger partial charge in [-0.2, -0.15) is 13.2 Å². The van der Waals surface area contributed by atoms with Crippen LogP contribution in [0.4, 0.5) is 13.2 Å². The van der Waals surface area contributed by atoms with Crippen molar-refractivity contribution < 1.29 is 17.9 Å². The fourth-order valence-electron chi connectivity index (χ4n) is 1.57. The highest BCUT2D eigenvalue weighted by Crippen LogP contribution is 2.38. The molecular weight excluding hydrogens is 231 g/mol. The van der Waals surface area contributed by atoms with Gasteiger partial charge in [0.1, 0.15) is 5.75 Å². The molecule has 0 aliphatic carbocycles. The molecule has 0 heterocycles. The minimum absolute atomic E-state index is 0.0937. The Balaban J connectivity index is 3.10. The maximum atomic E-state index is 12.8. The van der Waals surface area contributed by atoms with Crippen molar-refractivity contribution in [2.24, 2.45) is 5.73 Å². The average molecular weight is 247 g/mol. The number of hydrogen-bond acceptors (Lipinski definition) is 2. The number of halogens is 3. The summed E-state index contributed by atoms with van der Waals surface area (Å²) in [6, 6.07) is 6.13. The minimum Gasteiger partial charge on any atom is -0.491 e. The third kappa shape index (κ3) is 3.63. The molecule has 5 heteroatoms. The number of hydrogen-bond donors (Lipinski definition) is 1. The fourth-order valence-corrected chi connectivity index (χ4v) is 1.57. The zero-order valence-electron chi connectivity index (χ0n) is 9.79. The van der Waals surface area contributed by atoms with E-state index in [0.717, 1.165) is 0 Å². The zero-order valence-corrected chi connectivity index (χ0v) is 9.79. The largest absolute Gasteiger partial charge is 0.491 e. The van der Waals surface area contributed by atoms with Crippen molar-refractivity contribution >= 4 is 0 Å². The van der Waals surface area contributed by atoms with Crippen molar-refractivity contribution in [3.63, 3.8) is 0 Å². The van der Waals surface area contributed by atoms with Crippen molar-refractivity contribution in [1.82, 2.24) is 0 Å². The van der Waals surface area contributed by atoms with Crippen molar-refractivity contribution in [2.45, 2.75) is 32.0 Å².